The molecule has 0 amide bonds. The van der Waals surface area contributed by atoms with Gasteiger partial charge in [0.2, 0.25) is 0 Å². The molecule has 5 heteroatoms. The number of hydrogen-bond donors (Lipinski definition) is 2. The molecule has 5 nitrogen and oxygen atoms in total. The zero-order valence-electron chi connectivity index (χ0n) is 15.0. The molecule has 1 saturated heterocycles. The minimum atomic E-state index is 0.593. The predicted molar refractivity (Wildman–Crippen MR) is 96.4 cm³/mol. The Bertz CT molecular complexity index is 299. The summed E-state index contributed by atoms with van der Waals surface area (Å²) in [5.74, 6) is 0.612. The Kier molecular flexibility index (Phi) is 10.2. The van der Waals surface area contributed by atoms with Crippen LogP contribution in [0.15, 0.2) is 4.99 Å². The summed E-state index contributed by atoms with van der Waals surface area (Å²) in [5, 5.41) is 3.26. The van der Waals surface area contributed by atoms with Crippen molar-refractivity contribution in [1.29, 1.82) is 0 Å². The molecule has 1 fully saturated rings. The van der Waals surface area contributed by atoms with Crippen molar-refractivity contribution in [2.45, 2.75) is 58.9 Å². The highest BCUT2D eigenvalue weighted by atomic mass is 15.2. The minimum Gasteiger partial charge on any atom is -0.370 e. The first-order chi connectivity index (χ1) is 10.7. The summed E-state index contributed by atoms with van der Waals surface area (Å²) in [4.78, 5) is 9.56. The molecule has 130 valence electrons. The second-order valence-corrected chi connectivity index (χ2v) is 6.27. The first-order valence-electron chi connectivity index (χ1n) is 9.21. The molecule has 1 rings (SSSR count). The lowest BCUT2D eigenvalue weighted by Gasteiger charge is -2.21. The number of nitrogens with zero attached hydrogens (tertiary/aromatic N) is 3. The molecule has 1 aliphatic rings. The molecule has 0 bridgehead atoms. The van der Waals surface area contributed by atoms with Crippen LogP contribution in [0, 0.1) is 0 Å². The molecular formula is C17H37N5. The van der Waals surface area contributed by atoms with Crippen molar-refractivity contribution in [3.63, 3.8) is 0 Å². The number of guanidine groups is 1. The van der Waals surface area contributed by atoms with E-state index in [4.69, 9.17) is 5.73 Å². The van der Waals surface area contributed by atoms with Crippen molar-refractivity contribution < 1.29 is 0 Å². The van der Waals surface area contributed by atoms with E-state index in [-0.39, 0.29) is 0 Å². The highest BCUT2D eigenvalue weighted by Crippen LogP contribution is 2.16. The SMILES string of the molecule is CCCN(CCC)CCCNC(N)=NCC1CCCN1CC. The van der Waals surface area contributed by atoms with Crippen LogP contribution in [0.25, 0.3) is 0 Å². The van der Waals surface area contributed by atoms with Crippen LogP contribution in [0.5, 0.6) is 0 Å². The molecule has 1 unspecified atom stereocenters. The molecule has 3 N–H and O–H groups in total. The first kappa shape index (κ1) is 19.2. The summed E-state index contributed by atoms with van der Waals surface area (Å²) in [6, 6.07) is 0.593. The number of aliphatic imine (C=N–C) groups is 1. The average Bonchev–Trinajstić information content (AvgIpc) is 2.97. The second kappa shape index (κ2) is 11.7. The van der Waals surface area contributed by atoms with E-state index in [0.717, 1.165) is 32.6 Å². The molecule has 0 spiro atoms. The second-order valence-electron chi connectivity index (χ2n) is 6.27. The van der Waals surface area contributed by atoms with Crippen LogP contribution in [0.3, 0.4) is 0 Å². The largest absolute Gasteiger partial charge is 0.370 e. The van der Waals surface area contributed by atoms with Crippen LogP contribution < -0.4 is 11.1 Å². The van der Waals surface area contributed by atoms with E-state index in [2.05, 4.69) is 40.9 Å². The van der Waals surface area contributed by atoms with E-state index in [1.165, 1.54) is 45.3 Å². The van der Waals surface area contributed by atoms with Crippen molar-refractivity contribution in [2.75, 3.05) is 45.8 Å². The van der Waals surface area contributed by atoms with Crippen LogP contribution in [0.2, 0.25) is 0 Å². The van der Waals surface area contributed by atoms with E-state index in [1.807, 2.05) is 0 Å². The van der Waals surface area contributed by atoms with Gasteiger partial charge in [-0.05, 0) is 64.8 Å². The zero-order valence-corrected chi connectivity index (χ0v) is 15.0. The number of nitrogens with one attached hydrogen (secondary N) is 1. The third kappa shape index (κ3) is 7.45. The number of hydrogen-bond acceptors (Lipinski definition) is 3. The lowest BCUT2D eigenvalue weighted by molar-refractivity contribution is 0.271. The fraction of sp³-hybridized carbons (Fsp3) is 0.941. The third-order valence-corrected chi connectivity index (χ3v) is 4.41. The molecule has 1 atom stereocenters. The number of nitrogens with two attached hydrogens (primary N) is 1. The van der Waals surface area contributed by atoms with E-state index in [9.17, 15) is 0 Å². The van der Waals surface area contributed by atoms with Gasteiger partial charge in [0.25, 0.3) is 0 Å². The molecule has 0 aromatic rings. The van der Waals surface area contributed by atoms with Gasteiger partial charge in [-0.3, -0.25) is 9.89 Å². The molecule has 0 saturated carbocycles. The lowest BCUT2D eigenvalue weighted by Crippen LogP contribution is -2.37. The Hall–Kier alpha value is -0.810. The van der Waals surface area contributed by atoms with Gasteiger partial charge in [-0.1, -0.05) is 20.8 Å². The van der Waals surface area contributed by atoms with Gasteiger partial charge in [0.15, 0.2) is 5.96 Å². The lowest BCUT2D eigenvalue weighted by atomic mass is 10.2. The fourth-order valence-corrected chi connectivity index (χ4v) is 3.26. The molecule has 0 aromatic carbocycles. The fourth-order valence-electron chi connectivity index (χ4n) is 3.26. The number of likely N-dealkylation sites (tertiary alicyclic amines) is 1. The first-order valence-corrected chi connectivity index (χ1v) is 9.21. The highest BCUT2D eigenvalue weighted by Gasteiger charge is 2.22. The van der Waals surface area contributed by atoms with Crippen molar-refractivity contribution >= 4 is 5.96 Å². The average molecular weight is 312 g/mol. The normalized spacial score (nSPS) is 20.0. The van der Waals surface area contributed by atoms with Crippen molar-refractivity contribution in [3.8, 4) is 0 Å². The number of likely N-dealkylation sites (N-methyl/N-ethyl adjacent to an activating group) is 1. The van der Waals surface area contributed by atoms with Crippen LogP contribution in [0.1, 0.15) is 52.9 Å². The van der Waals surface area contributed by atoms with Crippen LogP contribution in [0.4, 0.5) is 0 Å². The quantitative estimate of drug-likeness (QED) is 0.347. The Balaban J connectivity index is 2.16. The van der Waals surface area contributed by atoms with Gasteiger partial charge in [0.05, 0.1) is 6.54 Å². The Morgan fingerprint density at radius 2 is 1.95 bits per heavy atom. The standard InChI is InChI=1S/C17H37N5/c1-4-11-21(12-5-2)13-8-10-19-17(18)20-15-16-9-7-14-22(16)6-3/h16H,4-15H2,1-3H3,(H3,18,19,20). The third-order valence-electron chi connectivity index (χ3n) is 4.41. The molecule has 1 heterocycles. The van der Waals surface area contributed by atoms with Crippen molar-refractivity contribution in [2.24, 2.45) is 10.7 Å². The summed E-state index contributed by atoms with van der Waals surface area (Å²) in [7, 11) is 0. The molecular weight excluding hydrogens is 274 g/mol. The summed E-state index contributed by atoms with van der Waals surface area (Å²) < 4.78 is 0. The monoisotopic (exact) mass is 311 g/mol. The smallest absolute Gasteiger partial charge is 0.188 e. The van der Waals surface area contributed by atoms with E-state index >= 15 is 0 Å². The molecule has 0 radical (unpaired) electrons. The van der Waals surface area contributed by atoms with Crippen LogP contribution >= 0.6 is 0 Å². The van der Waals surface area contributed by atoms with Gasteiger partial charge >= 0.3 is 0 Å². The van der Waals surface area contributed by atoms with E-state index in [1.54, 1.807) is 0 Å². The van der Waals surface area contributed by atoms with Crippen LogP contribution in [-0.4, -0.2) is 67.6 Å². The summed E-state index contributed by atoms with van der Waals surface area (Å²) in [6.07, 6.45) is 6.14. The zero-order chi connectivity index (χ0) is 16.2. The Morgan fingerprint density at radius 1 is 1.23 bits per heavy atom. The Morgan fingerprint density at radius 3 is 2.59 bits per heavy atom. The highest BCUT2D eigenvalue weighted by molar-refractivity contribution is 5.77. The minimum absolute atomic E-state index is 0.593. The van der Waals surface area contributed by atoms with Crippen molar-refractivity contribution in [3.05, 3.63) is 0 Å². The molecule has 1 aliphatic heterocycles. The molecule has 0 aliphatic carbocycles. The Labute approximate surface area is 137 Å². The van der Waals surface area contributed by atoms with Gasteiger partial charge < -0.3 is 16.0 Å². The topological polar surface area (TPSA) is 56.9 Å². The predicted octanol–water partition coefficient (Wildman–Crippen LogP) is 1.89. The maximum atomic E-state index is 5.98. The maximum absolute atomic E-state index is 5.98. The van der Waals surface area contributed by atoms with Crippen molar-refractivity contribution in [1.82, 2.24) is 15.1 Å². The van der Waals surface area contributed by atoms with Gasteiger partial charge in [-0.2, -0.15) is 0 Å². The maximum Gasteiger partial charge on any atom is 0.188 e. The molecule has 22 heavy (non-hydrogen) atoms. The van der Waals surface area contributed by atoms with Gasteiger partial charge in [0, 0.05) is 12.6 Å². The van der Waals surface area contributed by atoms with Gasteiger partial charge in [-0.15, -0.1) is 0 Å². The van der Waals surface area contributed by atoms with E-state index in [0.29, 0.717) is 12.0 Å². The van der Waals surface area contributed by atoms with Gasteiger partial charge in [-0.25, -0.2) is 0 Å². The summed E-state index contributed by atoms with van der Waals surface area (Å²) >= 11 is 0. The number of rotatable bonds is 11. The van der Waals surface area contributed by atoms with Crippen LogP contribution in [-0.2, 0) is 0 Å². The van der Waals surface area contributed by atoms with E-state index < -0.39 is 0 Å². The summed E-state index contributed by atoms with van der Waals surface area (Å²) in [5.41, 5.74) is 5.98. The summed E-state index contributed by atoms with van der Waals surface area (Å²) in [6.45, 7) is 14.4. The molecule has 0 aromatic heterocycles. The van der Waals surface area contributed by atoms with Gasteiger partial charge in [0.1, 0.15) is 0 Å².